The molecule has 2 aromatic carbocycles. The maximum atomic E-state index is 12.8. The van der Waals surface area contributed by atoms with Gasteiger partial charge in [0, 0.05) is 44.0 Å². The predicted octanol–water partition coefficient (Wildman–Crippen LogP) is 3.49. The SMILES string of the molecule is O=C(Nc1ccc(C(=O)N2CCN(Cc3ccccc3)CC2)cc1)c1ccco1. The topological polar surface area (TPSA) is 65.8 Å². The van der Waals surface area contributed by atoms with Crippen molar-refractivity contribution in [2.45, 2.75) is 6.54 Å². The van der Waals surface area contributed by atoms with Gasteiger partial charge < -0.3 is 14.6 Å². The molecule has 148 valence electrons. The van der Waals surface area contributed by atoms with Crippen LogP contribution in [0.25, 0.3) is 0 Å². The van der Waals surface area contributed by atoms with Crippen molar-refractivity contribution in [1.82, 2.24) is 9.80 Å². The highest BCUT2D eigenvalue weighted by molar-refractivity contribution is 6.02. The van der Waals surface area contributed by atoms with Gasteiger partial charge in [-0.05, 0) is 42.0 Å². The third-order valence-corrected chi connectivity index (χ3v) is 5.04. The lowest BCUT2D eigenvalue weighted by Gasteiger charge is -2.34. The zero-order valence-corrected chi connectivity index (χ0v) is 16.1. The van der Waals surface area contributed by atoms with Crippen LogP contribution in [0.15, 0.2) is 77.4 Å². The van der Waals surface area contributed by atoms with E-state index in [1.807, 2.05) is 11.0 Å². The van der Waals surface area contributed by atoms with Gasteiger partial charge in [-0.25, -0.2) is 0 Å². The van der Waals surface area contributed by atoms with E-state index in [1.54, 1.807) is 36.4 Å². The molecule has 0 radical (unpaired) electrons. The van der Waals surface area contributed by atoms with Gasteiger partial charge in [0.2, 0.25) is 0 Å². The van der Waals surface area contributed by atoms with E-state index >= 15 is 0 Å². The van der Waals surface area contributed by atoms with Crippen LogP contribution in [-0.2, 0) is 6.54 Å². The number of hydrogen-bond donors (Lipinski definition) is 1. The third-order valence-electron chi connectivity index (χ3n) is 5.04. The molecule has 1 fully saturated rings. The van der Waals surface area contributed by atoms with Gasteiger partial charge in [-0.2, -0.15) is 0 Å². The van der Waals surface area contributed by atoms with Crippen molar-refractivity contribution in [3.05, 3.63) is 89.9 Å². The van der Waals surface area contributed by atoms with Crippen LogP contribution in [0.4, 0.5) is 5.69 Å². The van der Waals surface area contributed by atoms with Crippen molar-refractivity contribution in [2.24, 2.45) is 0 Å². The van der Waals surface area contributed by atoms with Gasteiger partial charge in [-0.15, -0.1) is 0 Å². The number of benzene rings is 2. The minimum absolute atomic E-state index is 0.0215. The maximum Gasteiger partial charge on any atom is 0.291 e. The Morgan fingerprint density at radius 2 is 1.59 bits per heavy atom. The second-order valence-electron chi connectivity index (χ2n) is 7.06. The molecule has 1 N–H and O–H groups in total. The Hall–Kier alpha value is -3.38. The summed E-state index contributed by atoms with van der Waals surface area (Å²) in [5.74, 6) is -0.0459. The summed E-state index contributed by atoms with van der Waals surface area (Å²) in [6.45, 7) is 4.05. The highest BCUT2D eigenvalue weighted by Gasteiger charge is 2.22. The predicted molar refractivity (Wildman–Crippen MR) is 111 cm³/mol. The van der Waals surface area contributed by atoms with Crippen molar-refractivity contribution in [3.63, 3.8) is 0 Å². The summed E-state index contributed by atoms with van der Waals surface area (Å²) < 4.78 is 5.08. The molecule has 0 aliphatic carbocycles. The van der Waals surface area contributed by atoms with E-state index in [0.717, 1.165) is 19.6 Å². The minimum Gasteiger partial charge on any atom is -0.459 e. The van der Waals surface area contributed by atoms with Crippen LogP contribution in [0.2, 0.25) is 0 Å². The summed E-state index contributed by atoms with van der Waals surface area (Å²) in [5.41, 5.74) is 2.53. The molecule has 6 nitrogen and oxygen atoms in total. The van der Waals surface area contributed by atoms with Crippen molar-refractivity contribution < 1.29 is 14.0 Å². The smallest absolute Gasteiger partial charge is 0.291 e. The summed E-state index contributed by atoms with van der Waals surface area (Å²) in [7, 11) is 0. The molecule has 1 aliphatic rings. The van der Waals surface area contributed by atoms with Gasteiger partial charge in [0.25, 0.3) is 11.8 Å². The molecule has 1 saturated heterocycles. The average molecular weight is 389 g/mol. The zero-order chi connectivity index (χ0) is 20.1. The summed E-state index contributed by atoms with van der Waals surface area (Å²) in [6.07, 6.45) is 1.45. The summed E-state index contributed by atoms with van der Waals surface area (Å²) in [6, 6.07) is 20.6. The molecule has 4 rings (SSSR count). The molecule has 6 heteroatoms. The van der Waals surface area contributed by atoms with Crippen LogP contribution in [0.1, 0.15) is 26.5 Å². The van der Waals surface area contributed by atoms with Gasteiger partial charge in [0.05, 0.1) is 6.26 Å². The van der Waals surface area contributed by atoms with E-state index < -0.39 is 0 Å². The quantitative estimate of drug-likeness (QED) is 0.725. The summed E-state index contributed by atoms with van der Waals surface area (Å²) >= 11 is 0. The monoisotopic (exact) mass is 389 g/mol. The fraction of sp³-hybridized carbons (Fsp3) is 0.217. The number of anilines is 1. The molecule has 0 unspecified atom stereocenters. The number of rotatable bonds is 5. The van der Waals surface area contributed by atoms with E-state index in [9.17, 15) is 9.59 Å². The fourth-order valence-electron chi connectivity index (χ4n) is 3.43. The van der Waals surface area contributed by atoms with Crippen LogP contribution >= 0.6 is 0 Å². The molecule has 3 aromatic rings. The number of furan rings is 1. The Bertz CT molecular complexity index is 945. The lowest BCUT2D eigenvalue weighted by molar-refractivity contribution is 0.0628. The van der Waals surface area contributed by atoms with Crippen LogP contribution in [0.3, 0.4) is 0 Å². The minimum atomic E-state index is -0.316. The fourth-order valence-corrected chi connectivity index (χ4v) is 3.43. The molecule has 0 atom stereocenters. The van der Waals surface area contributed by atoms with Crippen molar-refractivity contribution in [3.8, 4) is 0 Å². The normalized spacial score (nSPS) is 14.6. The van der Waals surface area contributed by atoms with Crippen LogP contribution < -0.4 is 5.32 Å². The molecule has 2 heterocycles. The van der Waals surface area contributed by atoms with Crippen molar-refractivity contribution >= 4 is 17.5 Å². The molecule has 2 amide bonds. The highest BCUT2D eigenvalue weighted by Crippen LogP contribution is 2.15. The van der Waals surface area contributed by atoms with Gasteiger partial charge in [0.15, 0.2) is 5.76 Å². The third kappa shape index (κ3) is 4.73. The van der Waals surface area contributed by atoms with Crippen molar-refractivity contribution in [2.75, 3.05) is 31.5 Å². The van der Waals surface area contributed by atoms with E-state index in [2.05, 4.69) is 34.5 Å². The molecule has 29 heavy (non-hydrogen) atoms. The molecular formula is C23H23N3O3. The first kappa shape index (κ1) is 19.0. The summed E-state index contributed by atoms with van der Waals surface area (Å²) in [5, 5.41) is 2.75. The molecule has 1 aromatic heterocycles. The first-order valence-corrected chi connectivity index (χ1v) is 9.69. The standard InChI is InChI=1S/C23H23N3O3/c27-22(21-7-4-16-29-21)24-20-10-8-19(9-11-20)23(28)26-14-12-25(13-15-26)17-18-5-2-1-3-6-18/h1-11,16H,12-15,17H2,(H,24,27). The highest BCUT2D eigenvalue weighted by atomic mass is 16.3. The Labute approximate surface area is 169 Å². The summed E-state index contributed by atoms with van der Waals surface area (Å²) in [4.78, 5) is 29.1. The number of hydrogen-bond acceptors (Lipinski definition) is 4. The zero-order valence-electron chi connectivity index (χ0n) is 16.1. The van der Waals surface area contributed by atoms with Gasteiger partial charge in [0.1, 0.15) is 0 Å². The number of carbonyl (C=O) groups is 2. The molecule has 1 aliphatic heterocycles. The van der Waals surface area contributed by atoms with Gasteiger partial charge >= 0.3 is 0 Å². The van der Waals surface area contributed by atoms with Crippen molar-refractivity contribution in [1.29, 1.82) is 0 Å². The van der Waals surface area contributed by atoms with E-state index in [0.29, 0.717) is 24.3 Å². The Morgan fingerprint density at radius 1 is 0.862 bits per heavy atom. The maximum absolute atomic E-state index is 12.8. The molecule has 0 saturated carbocycles. The number of piperazine rings is 1. The molecule has 0 spiro atoms. The second kappa shape index (κ2) is 8.75. The Kier molecular flexibility index (Phi) is 5.72. The van der Waals surface area contributed by atoms with Crippen LogP contribution in [0, 0.1) is 0 Å². The first-order valence-electron chi connectivity index (χ1n) is 9.69. The van der Waals surface area contributed by atoms with Gasteiger partial charge in [-0.3, -0.25) is 14.5 Å². The first-order chi connectivity index (χ1) is 14.2. The number of nitrogens with zero attached hydrogens (tertiary/aromatic N) is 2. The van der Waals surface area contributed by atoms with Gasteiger partial charge in [-0.1, -0.05) is 30.3 Å². The molecule has 0 bridgehead atoms. The lowest BCUT2D eigenvalue weighted by Crippen LogP contribution is -2.48. The van der Waals surface area contributed by atoms with Crippen LogP contribution in [-0.4, -0.2) is 47.8 Å². The number of carbonyl (C=O) groups excluding carboxylic acids is 2. The lowest BCUT2D eigenvalue weighted by atomic mass is 10.1. The number of amides is 2. The van der Waals surface area contributed by atoms with E-state index in [-0.39, 0.29) is 17.6 Å². The average Bonchev–Trinajstić information content (AvgIpc) is 3.30. The largest absolute Gasteiger partial charge is 0.459 e. The Morgan fingerprint density at radius 3 is 2.24 bits per heavy atom. The second-order valence-corrected chi connectivity index (χ2v) is 7.06. The Balaban J connectivity index is 1.30. The molecular weight excluding hydrogens is 366 g/mol. The van der Waals surface area contributed by atoms with E-state index in [4.69, 9.17) is 4.42 Å². The number of nitrogens with one attached hydrogen (secondary N) is 1. The van der Waals surface area contributed by atoms with E-state index in [1.165, 1.54) is 11.8 Å². The van der Waals surface area contributed by atoms with Crippen LogP contribution in [0.5, 0.6) is 0 Å².